The Balaban J connectivity index is 2.10. The molecule has 3 aromatic rings. The average Bonchev–Trinajstić information content (AvgIpc) is 2.72. The molecule has 3 rings (SSSR count). The van der Waals surface area contributed by atoms with E-state index in [1.807, 2.05) is 36.4 Å². The van der Waals surface area contributed by atoms with Gasteiger partial charge in [0.2, 0.25) is 10.0 Å². The third-order valence-electron chi connectivity index (χ3n) is 4.98. The summed E-state index contributed by atoms with van der Waals surface area (Å²) in [6.07, 6.45) is 6.39. The van der Waals surface area contributed by atoms with Crippen LogP contribution in [0.4, 0.5) is 5.69 Å². The van der Waals surface area contributed by atoms with Gasteiger partial charge >= 0.3 is 0 Å². The molecule has 1 heterocycles. The predicted octanol–water partition coefficient (Wildman–Crippen LogP) is 5.54. The number of methoxy groups -OCH3 is 1. The normalized spacial score (nSPS) is 12.2. The number of halogens is 1. The third kappa shape index (κ3) is 6.27. The lowest BCUT2D eigenvalue weighted by atomic mass is 9.83. The van der Waals surface area contributed by atoms with Gasteiger partial charge in [-0.25, -0.2) is 8.42 Å². The molecule has 0 aliphatic carbocycles. The minimum atomic E-state index is -3.33. The molecule has 33 heavy (non-hydrogen) atoms. The van der Waals surface area contributed by atoms with E-state index in [9.17, 15) is 13.2 Å². The van der Waals surface area contributed by atoms with Crippen molar-refractivity contribution in [2.45, 2.75) is 26.2 Å². The summed E-state index contributed by atoms with van der Waals surface area (Å²) in [5, 5.41) is 0.442. The number of nitrogens with one attached hydrogen (secondary N) is 2. The van der Waals surface area contributed by atoms with E-state index in [1.165, 1.54) is 6.20 Å². The Kier molecular flexibility index (Phi) is 7.05. The van der Waals surface area contributed by atoms with Crippen molar-refractivity contribution < 1.29 is 13.2 Å². The number of aromatic amines is 1. The molecule has 1 aromatic heterocycles. The Morgan fingerprint density at radius 2 is 1.73 bits per heavy atom. The van der Waals surface area contributed by atoms with Gasteiger partial charge in [-0.15, -0.1) is 0 Å². The maximum Gasteiger partial charge on any atom is 0.255 e. The van der Waals surface area contributed by atoms with E-state index in [4.69, 9.17) is 16.3 Å². The summed E-state index contributed by atoms with van der Waals surface area (Å²) >= 11 is 6.14. The number of H-pyrrole nitrogens is 1. The Bertz CT molecular complexity index is 1350. The minimum Gasteiger partial charge on any atom is -0.496 e. The van der Waals surface area contributed by atoms with Crippen LogP contribution in [-0.2, 0) is 15.4 Å². The second-order valence-corrected chi connectivity index (χ2v) is 11.0. The van der Waals surface area contributed by atoms with Crippen LogP contribution in [0.1, 0.15) is 37.5 Å². The number of rotatable bonds is 6. The topological polar surface area (TPSA) is 88.3 Å². The number of ether oxygens (including phenoxy) is 1. The monoisotopic (exact) mass is 486 g/mol. The number of aromatic nitrogens is 1. The quantitative estimate of drug-likeness (QED) is 0.447. The number of sulfonamides is 1. The third-order valence-corrected chi connectivity index (χ3v) is 5.80. The molecular formula is C25H27ClN2O4S. The van der Waals surface area contributed by atoms with E-state index in [2.05, 4.69) is 30.5 Å². The molecule has 0 amide bonds. The van der Waals surface area contributed by atoms with Gasteiger partial charge in [-0.05, 0) is 46.9 Å². The van der Waals surface area contributed by atoms with Crippen molar-refractivity contribution in [2.75, 3.05) is 18.1 Å². The van der Waals surface area contributed by atoms with Gasteiger partial charge in [0.1, 0.15) is 5.75 Å². The Morgan fingerprint density at radius 3 is 2.30 bits per heavy atom. The molecule has 0 bridgehead atoms. The standard InChI is InChI=1S/C25H27ClN2O4S/c1-25(2,3)22-13-18(21-14-19(26)15-27-24(21)29)12-17(23(22)32-4)9-6-16-7-10-20(11-8-16)28-33(5,30)31/h6-15,28H,1-5H3,(H,27,29)/b9-6+. The van der Waals surface area contributed by atoms with Crippen molar-refractivity contribution in [3.63, 3.8) is 0 Å². The molecule has 2 N–H and O–H groups in total. The van der Waals surface area contributed by atoms with Crippen molar-refractivity contribution in [3.05, 3.63) is 80.7 Å². The lowest BCUT2D eigenvalue weighted by molar-refractivity contribution is 0.397. The molecule has 0 aliphatic rings. The van der Waals surface area contributed by atoms with Gasteiger partial charge < -0.3 is 9.72 Å². The fraction of sp³-hybridized carbons (Fsp3) is 0.240. The first-order chi connectivity index (χ1) is 15.4. The van der Waals surface area contributed by atoms with E-state index >= 15 is 0 Å². The summed E-state index contributed by atoms with van der Waals surface area (Å²) in [6.45, 7) is 6.24. The zero-order chi connectivity index (χ0) is 24.4. The molecule has 0 radical (unpaired) electrons. The number of benzene rings is 2. The van der Waals surface area contributed by atoms with E-state index in [0.717, 1.165) is 34.3 Å². The molecule has 0 fully saturated rings. The van der Waals surface area contributed by atoms with Crippen molar-refractivity contribution >= 4 is 39.5 Å². The smallest absolute Gasteiger partial charge is 0.255 e. The van der Waals surface area contributed by atoms with Crippen molar-refractivity contribution in [1.29, 1.82) is 0 Å². The van der Waals surface area contributed by atoms with E-state index in [0.29, 0.717) is 16.3 Å². The highest BCUT2D eigenvalue weighted by atomic mass is 35.5. The molecule has 0 atom stereocenters. The van der Waals surface area contributed by atoms with E-state index in [-0.39, 0.29) is 11.0 Å². The highest BCUT2D eigenvalue weighted by Crippen LogP contribution is 2.38. The molecule has 0 saturated heterocycles. The van der Waals surface area contributed by atoms with Gasteiger partial charge in [0.15, 0.2) is 0 Å². The molecule has 0 aliphatic heterocycles. The van der Waals surface area contributed by atoms with Crippen LogP contribution in [0, 0.1) is 0 Å². The summed E-state index contributed by atoms with van der Waals surface area (Å²) in [7, 11) is -1.71. The zero-order valence-electron chi connectivity index (χ0n) is 19.2. The molecule has 0 spiro atoms. The second-order valence-electron chi connectivity index (χ2n) is 8.79. The first-order valence-electron chi connectivity index (χ1n) is 10.2. The molecule has 8 heteroatoms. The molecule has 0 unspecified atom stereocenters. The number of hydrogen-bond donors (Lipinski definition) is 2. The van der Waals surface area contributed by atoms with Crippen LogP contribution in [0.15, 0.2) is 53.5 Å². The molecular weight excluding hydrogens is 460 g/mol. The van der Waals surface area contributed by atoms with Crippen molar-refractivity contribution in [2.24, 2.45) is 0 Å². The molecule has 174 valence electrons. The van der Waals surface area contributed by atoms with Crippen LogP contribution in [0.2, 0.25) is 5.02 Å². The van der Waals surface area contributed by atoms with Gasteiger partial charge in [0.25, 0.3) is 5.56 Å². The predicted molar refractivity (Wildman–Crippen MR) is 137 cm³/mol. The number of hydrogen-bond acceptors (Lipinski definition) is 4. The maximum atomic E-state index is 12.5. The number of anilines is 1. The SMILES string of the molecule is COc1c(/C=C/c2ccc(NS(C)(=O)=O)cc2)cc(-c2cc(Cl)c[nH]c2=O)cc1C(C)(C)C. The zero-order valence-corrected chi connectivity index (χ0v) is 20.8. The Morgan fingerprint density at radius 1 is 1.06 bits per heavy atom. The number of pyridine rings is 1. The van der Waals surface area contributed by atoms with Gasteiger partial charge in [0, 0.05) is 28.6 Å². The highest BCUT2D eigenvalue weighted by molar-refractivity contribution is 7.92. The fourth-order valence-corrected chi connectivity index (χ4v) is 4.18. The van der Waals surface area contributed by atoms with Crippen molar-refractivity contribution in [3.8, 4) is 16.9 Å². The van der Waals surface area contributed by atoms with Crippen LogP contribution in [-0.4, -0.2) is 26.8 Å². The van der Waals surface area contributed by atoms with Gasteiger partial charge in [-0.2, -0.15) is 0 Å². The van der Waals surface area contributed by atoms with E-state index in [1.54, 1.807) is 25.3 Å². The minimum absolute atomic E-state index is 0.228. The van der Waals surface area contributed by atoms with Crippen LogP contribution < -0.4 is 15.0 Å². The Labute approximate surface area is 199 Å². The summed E-state index contributed by atoms with van der Waals surface area (Å²) in [4.78, 5) is 15.2. The summed E-state index contributed by atoms with van der Waals surface area (Å²) in [5.41, 5.74) is 3.86. The first-order valence-corrected chi connectivity index (χ1v) is 12.5. The largest absolute Gasteiger partial charge is 0.496 e. The summed E-state index contributed by atoms with van der Waals surface area (Å²) in [5.74, 6) is 0.719. The average molecular weight is 487 g/mol. The van der Waals surface area contributed by atoms with E-state index < -0.39 is 10.0 Å². The van der Waals surface area contributed by atoms with Gasteiger partial charge in [-0.3, -0.25) is 9.52 Å². The lowest BCUT2D eigenvalue weighted by Crippen LogP contribution is -2.15. The van der Waals surface area contributed by atoms with Gasteiger partial charge in [0.05, 0.1) is 18.4 Å². The maximum absolute atomic E-state index is 12.5. The van der Waals surface area contributed by atoms with Crippen molar-refractivity contribution in [1.82, 2.24) is 4.98 Å². The van der Waals surface area contributed by atoms with Crippen LogP contribution >= 0.6 is 11.6 Å². The van der Waals surface area contributed by atoms with Crippen LogP contribution in [0.3, 0.4) is 0 Å². The van der Waals surface area contributed by atoms with Crippen LogP contribution in [0.5, 0.6) is 5.75 Å². The van der Waals surface area contributed by atoms with Crippen LogP contribution in [0.25, 0.3) is 23.3 Å². The molecule has 6 nitrogen and oxygen atoms in total. The summed E-state index contributed by atoms with van der Waals surface area (Å²) < 4.78 is 31.0. The molecule has 0 saturated carbocycles. The first kappa shape index (κ1) is 24.6. The second kappa shape index (κ2) is 9.45. The summed E-state index contributed by atoms with van der Waals surface area (Å²) in [6, 6.07) is 12.5. The highest BCUT2D eigenvalue weighted by Gasteiger charge is 2.23. The lowest BCUT2D eigenvalue weighted by Gasteiger charge is -2.24. The van der Waals surface area contributed by atoms with Gasteiger partial charge in [-0.1, -0.05) is 56.7 Å². The molecule has 2 aromatic carbocycles. The fourth-order valence-electron chi connectivity index (χ4n) is 3.45. The Hall–Kier alpha value is -3.03.